The van der Waals surface area contributed by atoms with Crippen LogP contribution in [-0.2, 0) is 4.79 Å². The lowest BCUT2D eigenvalue weighted by Gasteiger charge is -2.34. The van der Waals surface area contributed by atoms with Crippen molar-refractivity contribution in [2.75, 3.05) is 39.3 Å². The molecule has 0 spiro atoms. The van der Waals surface area contributed by atoms with E-state index in [-0.39, 0.29) is 11.8 Å². The third kappa shape index (κ3) is 4.69. The molecule has 6 nitrogen and oxygen atoms in total. The Bertz CT molecular complexity index is 819. The fourth-order valence-electron chi connectivity index (χ4n) is 3.66. The molecule has 27 heavy (non-hydrogen) atoms. The average Bonchev–Trinajstić information content (AvgIpc) is 3.06. The number of rotatable bonds is 6. The molecule has 1 aliphatic rings. The summed E-state index contributed by atoms with van der Waals surface area (Å²) >= 11 is 0. The van der Waals surface area contributed by atoms with E-state index >= 15 is 0 Å². The van der Waals surface area contributed by atoms with Crippen LogP contribution in [0.5, 0.6) is 0 Å². The zero-order chi connectivity index (χ0) is 19.4. The summed E-state index contributed by atoms with van der Waals surface area (Å²) in [6.45, 7) is 10.1. The van der Waals surface area contributed by atoms with Gasteiger partial charge in [0.2, 0.25) is 5.91 Å². The number of carbonyl (C=O) groups is 2. The first kappa shape index (κ1) is 19.4. The molecule has 0 saturated carbocycles. The van der Waals surface area contributed by atoms with Crippen molar-refractivity contribution < 1.29 is 9.59 Å². The third-order valence-corrected chi connectivity index (χ3v) is 5.20. The van der Waals surface area contributed by atoms with Gasteiger partial charge in [0.25, 0.3) is 5.91 Å². The molecule has 1 aliphatic heterocycles. The van der Waals surface area contributed by atoms with Crippen LogP contribution in [0.15, 0.2) is 18.2 Å². The number of nitrogens with one attached hydrogen (secondary N) is 2. The van der Waals surface area contributed by atoms with Crippen molar-refractivity contribution in [3.8, 4) is 0 Å². The highest BCUT2D eigenvalue weighted by molar-refractivity contribution is 5.99. The summed E-state index contributed by atoms with van der Waals surface area (Å²) in [6.07, 6.45) is 2.09. The van der Waals surface area contributed by atoms with E-state index in [2.05, 4.69) is 48.1 Å². The standard InChI is InChI=1S/C21H30N4O2/c1-4-5-6-22-20(26)14-24-7-9-25(10-8-24)21(27)19-13-17-16(3)11-15(2)12-18(17)23-19/h11-13,23H,4-10,14H2,1-3H3,(H,22,26). The predicted octanol–water partition coefficient (Wildman–Crippen LogP) is 2.46. The lowest BCUT2D eigenvalue weighted by molar-refractivity contribution is -0.122. The number of piperazine rings is 1. The molecule has 0 atom stereocenters. The molecule has 2 heterocycles. The highest BCUT2D eigenvalue weighted by atomic mass is 16.2. The van der Waals surface area contributed by atoms with E-state index in [1.54, 1.807) is 0 Å². The maximum absolute atomic E-state index is 12.9. The van der Waals surface area contributed by atoms with Gasteiger partial charge < -0.3 is 15.2 Å². The zero-order valence-corrected chi connectivity index (χ0v) is 16.6. The van der Waals surface area contributed by atoms with Crippen molar-refractivity contribution in [3.63, 3.8) is 0 Å². The van der Waals surface area contributed by atoms with Gasteiger partial charge in [0.05, 0.1) is 6.54 Å². The number of amides is 2. The lowest BCUT2D eigenvalue weighted by Crippen LogP contribution is -2.51. The summed E-state index contributed by atoms with van der Waals surface area (Å²) in [5.41, 5.74) is 4.02. The molecule has 1 saturated heterocycles. The van der Waals surface area contributed by atoms with E-state index in [0.717, 1.165) is 43.4 Å². The molecule has 0 unspecified atom stereocenters. The average molecular weight is 370 g/mol. The molecule has 2 N–H and O–H groups in total. The van der Waals surface area contributed by atoms with Gasteiger partial charge >= 0.3 is 0 Å². The second-order valence-electron chi connectivity index (χ2n) is 7.50. The van der Waals surface area contributed by atoms with Crippen LogP contribution in [-0.4, -0.2) is 65.9 Å². The lowest BCUT2D eigenvalue weighted by atomic mass is 10.1. The second kappa shape index (κ2) is 8.57. The summed E-state index contributed by atoms with van der Waals surface area (Å²) in [6, 6.07) is 6.17. The fourth-order valence-corrected chi connectivity index (χ4v) is 3.66. The molecule has 2 amide bonds. The molecular weight excluding hydrogens is 340 g/mol. The Morgan fingerprint density at radius 2 is 1.85 bits per heavy atom. The molecule has 2 aromatic rings. The number of benzene rings is 1. The Kier molecular flexibility index (Phi) is 6.16. The van der Waals surface area contributed by atoms with Gasteiger partial charge in [0.15, 0.2) is 0 Å². The third-order valence-electron chi connectivity index (χ3n) is 5.20. The van der Waals surface area contributed by atoms with Crippen molar-refractivity contribution in [2.45, 2.75) is 33.6 Å². The van der Waals surface area contributed by atoms with Gasteiger partial charge in [-0.2, -0.15) is 0 Å². The Morgan fingerprint density at radius 1 is 1.11 bits per heavy atom. The largest absolute Gasteiger partial charge is 0.355 e. The van der Waals surface area contributed by atoms with E-state index in [1.165, 1.54) is 11.1 Å². The van der Waals surface area contributed by atoms with E-state index < -0.39 is 0 Å². The number of unbranched alkanes of at least 4 members (excludes halogenated alkanes) is 1. The topological polar surface area (TPSA) is 68.4 Å². The van der Waals surface area contributed by atoms with Gasteiger partial charge in [-0.3, -0.25) is 14.5 Å². The zero-order valence-electron chi connectivity index (χ0n) is 16.6. The second-order valence-corrected chi connectivity index (χ2v) is 7.50. The van der Waals surface area contributed by atoms with Crippen molar-refractivity contribution in [2.24, 2.45) is 0 Å². The molecule has 0 bridgehead atoms. The maximum Gasteiger partial charge on any atom is 0.270 e. The Morgan fingerprint density at radius 3 is 2.56 bits per heavy atom. The monoisotopic (exact) mass is 370 g/mol. The van der Waals surface area contributed by atoms with Crippen LogP contribution in [0.4, 0.5) is 0 Å². The number of aryl methyl sites for hydroxylation is 2. The minimum absolute atomic E-state index is 0.0373. The van der Waals surface area contributed by atoms with Gasteiger partial charge in [0.1, 0.15) is 5.69 Å². The highest BCUT2D eigenvalue weighted by Crippen LogP contribution is 2.22. The molecule has 1 fully saturated rings. The first-order valence-electron chi connectivity index (χ1n) is 9.86. The van der Waals surface area contributed by atoms with E-state index in [4.69, 9.17) is 0 Å². The van der Waals surface area contributed by atoms with Crippen molar-refractivity contribution in [1.29, 1.82) is 0 Å². The smallest absolute Gasteiger partial charge is 0.270 e. The van der Waals surface area contributed by atoms with E-state index in [1.807, 2.05) is 11.0 Å². The highest BCUT2D eigenvalue weighted by Gasteiger charge is 2.24. The summed E-state index contributed by atoms with van der Waals surface area (Å²) in [4.78, 5) is 32.1. The number of carbonyl (C=O) groups excluding carboxylic acids is 2. The number of hydrogen-bond donors (Lipinski definition) is 2. The van der Waals surface area contributed by atoms with Crippen molar-refractivity contribution in [1.82, 2.24) is 20.1 Å². The first-order chi connectivity index (χ1) is 13.0. The van der Waals surface area contributed by atoms with Gasteiger partial charge in [-0.05, 0) is 43.5 Å². The van der Waals surface area contributed by atoms with E-state index in [0.29, 0.717) is 25.3 Å². The summed E-state index contributed by atoms with van der Waals surface area (Å²) in [5.74, 6) is 0.111. The Labute approximate surface area is 160 Å². The number of aromatic nitrogens is 1. The number of hydrogen-bond acceptors (Lipinski definition) is 3. The molecule has 6 heteroatoms. The molecule has 1 aromatic heterocycles. The van der Waals surface area contributed by atoms with E-state index in [9.17, 15) is 9.59 Å². The normalized spacial score (nSPS) is 15.3. The Balaban J connectivity index is 1.56. The minimum Gasteiger partial charge on any atom is -0.355 e. The molecule has 146 valence electrons. The number of H-pyrrole nitrogens is 1. The Hall–Kier alpha value is -2.34. The van der Waals surface area contributed by atoms with Gasteiger partial charge in [0, 0.05) is 43.6 Å². The molecule has 0 radical (unpaired) electrons. The summed E-state index contributed by atoms with van der Waals surface area (Å²) < 4.78 is 0. The molecule has 1 aromatic carbocycles. The van der Waals surface area contributed by atoms with Crippen LogP contribution in [0.25, 0.3) is 10.9 Å². The number of fused-ring (bicyclic) bond motifs is 1. The van der Waals surface area contributed by atoms with Gasteiger partial charge in [-0.25, -0.2) is 0 Å². The van der Waals surface area contributed by atoms with Crippen molar-refractivity contribution in [3.05, 3.63) is 35.0 Å². The fraction of sp³-hybridized carbons (Fsp3) is 0.524. The van der Waals surface area contributed by atoms with Crippen LogP contribution in [0, 0.1) is 13.8 Å². The van der Waals surface area contributed by atoms with Crippen molar-refractivity contribution >= 4 is 22.7 Å². The van der Waals surface area contributed by atoms with Crippen LogP contribution < -0.4 is 5.32 Å². The summed E-state index contributed by atoms with van der Waals surface area (Å²) in [5, 5.41) is 4.05. The number of nitrogens with zero attached hydrogens (tertiary/aromatic N) is 2. The van der Waals surface area contributed by atoms with Gasteiger partial charge in [-0.1, -0.05) is 19.4 Å². The maximum atomic E-state index is 12.9. The minimum atomic E-state index is 0.0373. The number of aromatic amines is 1. The SMILES string of the molecule is CCCCNC(=O)CN1CCN(C(=O)c2cc3c(C)cc(C)cc3[nH]2)CC1. The molecule has 3 rings (SSSR count). The molecular formula is C21H30N4O2. The quantitative estimate of drug-likeness (QED) is 0.768. The van der Waals surface area contributed by atoms with Crippen LogP contribution in [0.1, 0.15) is 41.4 Å². The van der Waals surface area contributed by atoms with Crippen LogP contribution in [0.3, 0.4) is 0 Å². The first-order valence-corrected chi connectivity index (χ1v) is 9.86. The molecule has 0 aliphatic carbocycles. The predicted molar refractivity (Wildman–Crippen MR) is 108 cm³/mol. The van der Waals surface area contributed by atoms with Crippen LogP contribution >= 0.6 is 0 Å². The van der Waals surface area contributed by atoms with Gasteiger partial charge in [-0.15, -0.1) is 0 Å². The van der Waals surface area contributed by atoms with Crippen LogP contribution in [0.2, 0.25) is 0 Å². The summed E-state index contributed by atoms with van der Waals surface area (Å²) in [7, 11) is 0.